The van der Waals surface area contributed by atoms with Gasteiger partial charge in [0.25, 0.3) is 0 Å². The van der Waals surface area contributed by atoms with E-state index < -0.39 is 0 Å². The van der Waals surface area contributed by atoms with Crippen molar-refractivity contribution in [3.63, 3.8) is 0 Å². The average Bonchev–Trinajstić information content (AvgIpc) is 3.14. The van der Waals surface area contributed by atoms with Gasteiger partial charge in [-0.3, -0.25) is 4.79 Å². The minimum Gasteiger partial charge on any atom is -0.356 e. The summed E-state index contributed by atoms with van der Waals surface area (Å²) in [5.41, 5.74) is 0. The Labute approximate surface area is 157 Å². The largest absolute Gasteiger partial charge is 0.356 e. The fourth-order valence-electron chi connectivity index (χ4n) is 3.11. The molecule has 0 bridgehead atoms. The summed E-state index contributed by atoms with van der Waals surface area (Å²) in [5, 5.41) is 5.72. The van der Waals surface area contributed by atoms with Gasteiger partial charge in [-0.15, -0.1) is 11.3 Å². The van der Waals surface area contributed by atoms with Gasteiger partial charge in [0.1, 0.15) is 0 Å². The SMILES string of the molecule is O=C(CCCc1cccs1)NCC1CCCN(c2ncc(Cl)cn2)C1. The van der Waals surface area contributed by atoms with Crippen LogP contribution < -0.4 is 10.2 Å². The summed E-state index contributed by atoms with van der Waals surface area (Å²) in [6, 6.07) is 4.18. The van der Waals surface area contributed by atoms with Crippen LogP contribution in [0.4, 0.5) is 5.95 Å². The normalized spacial score (nSPS) is 17.5. The van der Waals surface area contributed by atoms with E-state index in [0.29, 0.717) is 17.4 Å². The van der Waals surface area contributed by atoms with E-state index in [9.17, 15) is 4.79 Å². The number of carbonyl (C=O) groups excluding carboxylic acids is 1. The molecule has 1 aliphatic rings. The highest BCUT2D eigenvalue weighted by Gasteiger charge is 2.22. The number of aromatic nitrogens is 2. The number of nitrogens with one attached hydrogen (secondary N) is 1. The van der Waals surface area contributed by atoms with Crippen molar-refractivity contribution in [3.8, 4) is 0 Å². The summed E-state index contributed by atoms with van der Waals surface area (Å²) >= 11 is 7.60. The number of aryl methyl sites for hydroxylation is 1. The van der Waals surface area contributed by atoms with Gasteiger partial charge in [-0.25, -0.2) is 9.97 Å². The van der Waals surface area contributed by atoms with Crippen LogP contribution in [0.15, 0.2) is 29.9 Å². The molecule has 1 N–H and O–H groups in total. The Morgan fingerprint density at radius 3 is 3.00 bits per heavy atom. The van der Waals surface area contributed by atoms with E-state index >= 15 is 0 Å². The molecule has 0 aliphatic carbocycles. The highest BCUT2D eigenvalue weighted by Crippen LogP contribution is 2.20. The molecule has 1 unspecified atom stereocenters. The molecule has 1 saturated heterocycles. The third-order valence-electron chi connectivity index (χ3n) is 4.40. The van der Waals surface area contributed by atoms with Crippen LogP contribution in [0.1, 0.15) is 30.6 Å². The first-order valence-electron chi connectivity index (χ1n) is 8.72. The first-order valence-corrected chi connectivity index (χ1v) is 9.98. The number of thiophene rings is 1. The van der Waals surface area contributed by atoms with Crippen LogP contribution in [0.5, 0.6) is 0 Å². The van der Waals surface area contributed by atoms with Crippen LogP contribution in [0.2, 0.25) is 5.02 Å². The lowest BCUT2D eigenvalue weighted by atomic mass is 9.98. The number of rotatable bonds is 7. The lowest BCUT2D eigenvalue weighted by Gasteiger charge is -2.32. The van der Waals surface area contributed by atoms with Crippen LogP contribution in [0.3, 0.4) is 0 Å². The number of piperidine rings is 1. The van der Waals surface area contributed by atoms with Crippen molar-refractivity contribution in [1.29, 1.82) is 0 Å². The standard InChI is InChI=1S/C18H23ClN4OS/c19-15-11-21-18(22-12-15)23-8-2-4-14(13-23)10-20-17(24)7-1-5-16-6-3-9-25-16/h3,6,9,11-12,14H,1-2,4-5,7-8,10,13H2,(H,20,24). The molecule has 5 nitrogen and oxygen atoms in total. The van der Waals surface area contributed by atoms with Crippen molar-refractivity contribution in [2.24, 2.45) is 5.92 Å². The van der Waals surface area contributed by atoms with Crippen LogP contribution in [-0.2, 0) is 11.2 Å². The van der Waals surface area contributed by atoms with Gasteiger partial charge < -0.3 is 10.2 Å². The summed E-state index contributed by atoms with van der Waals surface area (Å²) in [7, 11) is 0. The van der Waals surface area contributed by atoms with Crippen LogP contribution in [0.25, 0.3) is 0 Å². The fourth-order valence-corrected chi connectivity index (χ4v) is 3.96. The predicted molar refractivity (Wildman–Crippen MR) is 102 cm³/mol. The maximum atomic E-state index is 12.0. The molecule has 3 rings (SSSR count). The lowest BCUT2D eigenvalue weighted by molar-refractivity contribution is -0.121. The van der Waals surface area contributed by atoms with Gasteiger partial charge in [0.2, 0.25) is 11.9 Å². The Kier molecular flexibility index (Phi) is 6.64. The Morgan fingerprint density at radius 1 is 1.40 bits per heavy atom. The number of nitrogens with zero attached hydrogens (tertiary/aromatic N) is 3. The summed E-state index contributed by atoms with van der Waals surface area (Å²) < 4.78 is 0. The van der Waals surface area contributed by atoms with Crippen molar-refractivity contribution >= 4 is 34.8 Å². The number of hydrogen-bond donors (Lipinski definition) is 1. The number of hydrogen-bond acceptors (Lipinski definition) is 5. The third kappa shape index (κ3) is 5.68. The molecule has 3 heterocycles. The maximum Gasteiger partial charge on any atom is 0.225 e. The molecule has 1 fully saturated rings. The van der Waals surface area contributed by atoms with Gasteiger partial charge >= 0.3 is 0 Å². The zero-order valence-corrected chi connectivity index (χ0v) is 15.7. The monoisotopic (exact) mass is 378 g/mol. The minimum absolute atomic E-state index is 0.149. The molecule has 0 aromatic carbocycles. The van der Waals surface area contributed by atoms with Gasteiger partial charge in [-0.05, 0) is 43.0 Å². The fraction of sp³-hybridized carbons (Fsp3) is 0.500. The smallest absolute Gasteiger partial charge is 0.225 e. The molecule has 1 atom stereocenters. The van der Waals surface area contributed by atoms with Crippen LogP contribution >= 0.6 is 22.9 Å². The lowest BCUT2D eigenvalue weighted by Crippen LogP contribution is -2.41. The van der Waals surface area contributed by atoms with Crippen molar-refractivity contribution in [1.82, 2.24) is 15.3 Å². The Morgan fingerprint density at radius 2 is 2.24 bits per heavy atom. The highest BCUT2D eigenvalue weighted by molar-refractivity contribution is 7.09. The van der Waals surface area contributed by atoms with E-state index in [1.54, 1.807) is 23.7 Å². The first kappa shape index (κ1) is 18.1. The second kappa shape index (κ2) is 9.15. The molecule has 2 aromatic heterocycles. The van der Waals surface area contributed by atoms with E-state index in [2.05, 4.69) is 37.7 Å². The zero-order chi connectivity index (χ0) is 17.5. The van der Waals surface area contributed by atoms with Crippen molar-refractivity contribution < 1.29 is 4.79 Å². The van der Waals surface area contributed by atoms with Gasteiger partial charge in [0.15, 0.2) is 0 Å². The zero-order valence-electron chi connectivity index (χ0n) is 14.2. The maximum absolute atomic E-state index is 12.0. The average molecular weight is 379 g/mol. The van der Waals surface area contributed by atoms with E-state index in [1.807, 2.05) is 0 Å². The molecule has 25 heavy (non-hydrogen) atoms. The molecular weight excluding hydrogens is 356 g/mol. The van der Waals surface area contributed by atoms with Gasteiger partial charge in [0.05, 0.1) is 17.4 Å². The van der Waals surface area contributed by atoms with Crippen molar-refractivity contribution in [2.75, 3.05) is 24.5 Å². The van der Waals surface area contributed by atoms with Gasteiger partial charge in [-0.1, -0.05) is 17.7 Å². The Balaban J connectivity index is 1.38. The number of amides is 1. The summed E-state index contributed by atoms with van der Waals surface area (Å²) in [5.74, 6) is 1.31. The number of anilines is 1. The second-order valence-corrected chi connectivity index (χ2v) is 7.86. The highest BCUT2D eigenvalue weighted by atomic mass is 35.5. The Bertz CT molecular complexity index is 662. The molecule has 1 amide bonds. The second-order valence-electron chi connectivity index (χ2n) is 6.39. The summed E-state index contributed by atoms with van der Waals surface area (Å²) in [6.07, 6.45) is 7.95. The quantitative estimate of drug-likeness (QED) is 0.800. The molecule has 0 spiro atoms. The molecule has 0 saturated carbocycles. The number of carbonyl (C=O) groups is 1. The molecule has 134 valence electrons. The topological polar surface area (TPSA) is 58.1 Å². The van der Waals surface area contributed by atoms with Gasteiger partial charge in [-0.2, -0.15) is 0 Å². The van der Waals surface area contributed by atoms with Crippen molar-refractivity contribution in [2.45, 2.75) is 32.1 Å². The minimum atomic E-state index is 0.149. The summed E-state index contributed by atoms with van der Waals surface area (Å²) in [6.45, 7) is 2.55. The van der Waals surface area contributed by atoms with Crippen LogP contribution in [-0.4, -0.2) is 35.5 Å². The molecule has 0 radical (unpaired) electrons. The van der Waals surface area contributed by atoms with E-state index in [-0.39, 0.29) is 5.91 Å². The molecular formula is C18H23ClN4OS. The third-order valence-corrected chi connectivity index (χ3v) is 5.53. The number of halogens is 1. The van der Waals surface area contributed by atoms with Crippen LogP contribution in [0, 0.1) is 5.92 Å². The summed E-state index contributed by atoms with van der Waals surface area (Å²) in [4.78, 5) is 24.1. The Hall–Kier alpha value is -1.66. The molecule has 1 aliphatic heterocycles. The van der Waals surface area contributed by atoms with Crippen molar-refractivity contribution in [3.05, 3.63) is 39.8 Å². The predicted octanol–water partition coefficient (Wildman–Crippen LogP) is 3.55. The van der Waals surface area contributed by atoms with E-state index in [1.165, 1.54) is 4.88 Å². The first-order chi connectivity index (χ1) is 12.2. The van der Waals surface area contributed by atoms with E-state index in [0.717, 1.165) is 51.3 Å². The molecule has 2 aromatic rings. The van der Waals surface area contributed by atoms with Gasteiger partial charge in [0, 0.05) is 30.9 Å². The van der Waals surface area contributed by atoms with E-state index in [4.69, 9.17) is 11.6 Å². The molecule has 7 heteroatoms.